The number of rotatable bonds is 5. The van der Waals surface area contributed by atoms with Crippen molar-refractivity contribution in [2.75, 3.05) is 12.4 Å². The van der Waals surface area contributed by atoms with Crippen LogP contribution in [0.4, 0.5) is 5.69 Å². The predicted molar refractivity (Wildman–Crippen MR) is 80.0 cm³/mol. The fourth-order valence-corrected chi connectivity index (χ4v) is 2.41. The number of hydrogen-bond acceptors (Lipinski definition) is 6. The van der Waals surface area contributed by atoms with Gasteiger partial charge in [-0.2, -0.15) is 0 Å². The summed E-state index contributed by atoms with van der Waals surface area (Å²) >= 11 is 1.14. The molecule has 1 amide bonds. The number of carbonyl (C=O) groups excluding carboxylic acids is 2. The van der Waals surface area contributed by atoms with E-state index in [9.17, 15) is 9.59 Å². The summed E-state index contributed by atoms with van der Waals surface area (Å²) in [5, 5.41) is 2.55. The topological polar surface area (TPSA) is 107 Å². The Hall–Kier alpha value is -2.54. The monoisotopic (exact) mass is 293 g/mol. The van der Waals surface area contributed by atoms with Crippen molar-refractivity contribution in [3.63, 3.8) is 0 Å². The molecule has 0 unspecified atom stereocenters. The molecule has 0 radical (unpaired) electrons. The first kappa shape index (κ1) is 15.5. The van der Waals surface area contributed by atoms with Crippen LogP contribution in [-0.2, 0) is 9.53 Å². The molecule has 0 aliphatic heterocycles. The second kappa shape index (κ2) is 7.15. The molecule has 0 spiro atoms. The minimum absolute atomic E-state index is 0.266. The molecule has 7 heteroatoms. The van der Waals surface area contributed by atoms with Gasteiger partial charge in [0.2, 0.25) is 5.91 Å². The Morgan fingerprint density at radius 2 is 2.15 bits per heavy atom. The van der Waals surface area contributed by atoms with Gasteiger partial charge in [0.1, 0.15) is 4.88 Å². The largest absolute Gasteiger partial charge is 0.465 e. The van der Waals surface area contributed by atoms with Gasteiger partial charge < -0.3 is 21.5 Å². The van der Waals surface area contributed by atoms with Gasteiger partial charge in [-0.05, 0) is 24.4 Å². The number of methoxy groups -OCH3 is 1. The zero-order valence-corrected chi connectivity index (χ0v) is 11.7. The standard InChI is InChI=1S/C13H15N3O3S/c1-3-11(17)16-9-6-10(8(7-15)4-5-14)20-12(9)13(18)19-2/h3-7H,1,14-15H2,2H3,(H,16,17)/b5-4-,8-7+. The van der Waals surface area contributed by atoms with Crippen molar-refractivity contribution in [2.45, 2.75) is 0 Å². The highest BCUT2D eigenvalue weighted by Crippen LogP contribution is 2.32. The lowest BCUT2D eigenvalue weighted by atomic mass is 10.2. The number of carbonyl (C=O) groups is 2. The Balaban J connectivity index is 3.27. The van der Waals surface area contributed by atoms with Crippen LogP contribution in [0.25, 0.3) is 5.57 Å². The molecular formula is C13H15N3O3S. The van der Waals surface area contributed by atoms with Crippen LogP contribution in [0.1, 0.15) is 14.5 Å². The molecule has 0 aliphatic rings. The maximum atomic E-state index is 11.7. The van der Waals surface area contributed by atoms with Gasteiger partial charge in [0, 0.05) is 16.7 Å². The lowest BCUT2D eigenvalue weighted by Crippen LogP contribution is -2.10. The van der Waals surface area contributed by atoms with Gasteiger partial charge in [0.25, 0.3) is 0 Å². The Morgan fingerprint density at radius 1 is 1.45 bits per heavy atom. The summed E-state index contributed by atoms with van der Waals surface area (Å²) in [4.78, 5) is 24.0. The van der Waals surface area contributed by atoms with Crippen molar-refractivity contribution in [3.8, 4) is 0 Å². The Labute approximate surface area is 120 Å². The van der Waals surface area contributed by atoms with Crippen molar-refractivity contribution >= 4 is 34.5 Å². The van der Waals surface area contributed by atoms with Crippen LogP contribution in [-0.4, -0.2) is 19.0 Å². The van der Waals surface area contributed by atoms with Crippen LogP contribution in [0.15, 0.2) is 37.2 Å². The summed E-state index contributed by atoms with van der Waals surface area (Å²) in [5.74, 6) is -0.971. The minimum atomic E-state index is -0.547. The fourth-order valence-electron chi connectivity index (χ4n) is 1.38. The number of amides is 1. The molecule has 106 valence electrons. The molecule has 0 bridgehead atoms. The van der Waals surface area contributed by atoms with Crippen molar-refractivity contribution < 1.29 is 14.3 Å². The summed E-state index contributed by atoms with van der Waals surface area (Å²) in [6.45, 7) is 3.36. The highest BCUT2D eigenvalue weighted by atomic mass is 32.1. The molecular weight excluding hydrogens is 278 g/mol. The van der Waals surface area contributed by atoms with E-state index in [-0.39, 0.29) is 4.88 Å². The number of anilines is 1. The average Bonchev–Trinajstić information content (AvgIpc) is 2.87. The summed E-state index contributed by atoms with van der Waals surface area (Å²) in [6, 6.07) is 1.62. The first-order valence-corrected chi connectivity index (χ1v) is 6.35. The van der Waals surface area contributed by atoms with Gasteiger partial charge in [0.05, 0.1) is 12.8 Å². The molecule has 1 aromatic rings. The molecule has 0 saturated heterocycles. The van der Waals surface area contributed by atoms with E-state index in [1.54, 1.807) is 12.1 Å². The molecule has 1 rings (SSSR count). The Kier molecular flexibility index (Phi) is 5.55. The van der Waals surface area contributed by atoms with Gasteiger partial charge in [-0.15, -0.1) is 11.3 Å². The third kappa shape index (κ3) is 3.48. The molecule has 0 fully saturated rings. The molecule has 0 saturated carbocycles. The summed E-state index contributed by atoms with van der Waals surface area (Å²) in [5.41, 5.74) is 11.8. The highest BCUT2D eigenvalue weighted by molar-refractivity contribution is 7.15. The third-order valence-corrected chi connectivity index (χ3v) is 3.45. The molecule has 5 N–H and O–H groups in total. The molecule has 0 atom stereocenters. The van der Waals surface area contributed by atoms with Crippen molar-refractivity contribution in [2.24, 2.45) is 11.5 Å². The van der Waals surface area contributed by atoms with Crippen LogP contribution in [0.5, 0.6) is 0 Å². The number of nitrogens with two attached hydrogens (primary N) is 2. The Bertz CT molecular complexity index is 588. The maximum absolute atomic E-state index is 11.7. The van der Waals surface area contributed by atoms with Crippen molar-refractivity contribution in [1.82, 2.24) is 0 Å². The van der Waals surface area contributed by atoms with E-state index in [2.05, 4.69) is 16.6 Å². The zero-order chi connectivity index (χ0) is 15.1. The maximum Gasteiger partial charge on any atom is 0.350 e. The van der Waals surface area contributed by atoms with Crippen molar-refractivity contribution in [1.29, 1.82) is 0 Å². The normalized spacial score (nSPS) is 11.3. The number of allylic oxidation sites excluding steroid dienone is 2. The number of thiophene rings is 1. The molecule has 0 aliphatic carbocycles. The van der Waals surface area contributed by atoms with Gasteiger partial charge >= 0.3 is 5.97 Å². The van der Waals surface area contributed by atoms with Crippen LogP contribution in [0.3, 0.4) is 0 Å². The highest BCUT2D eigenvalue weighted by Gasteiger charge is 2.19. The molecule has 20 heavy (non-hydrogen) atoms. The SMILES string of the molecule is C=CC(=O)Nc1cc(C(/C=C\N)=C/N)sc1C(=O)OC. The Morgan fingerprint density at radius 3 is 2.65 bits per heavy atom. The van der Waals surface area contributed by atoms with E-state index in [0.29, 0.717) is 16.1 Å². The minimum Gasteiger partial charge on any atom is -0.465 e. The number of hydrogen-bond donors (Lipinski definition) is 3. The van der Waals surface area contributed by atoms with E-state index in [1.165, 1.54) is 19.5 Å². The van der Waals surface area contributed by atoms with Crippen LogP contribution >= 0.6 is 11.3 Å². The van der Waals surface area contributed by atoms with E-state index >= 15 is 0 Å². The van der Waals surface area contributed by atoms with Gasteiger partial charge in [-0.25, -0.2) is 4.79 Å². The lowest BCUT2D eigenvalue weighted by molar-refractivity contribution is -0.111. The van der Waals surface area contributed by atoms with Gasteiger partial charge in [0.15, 0.2) is 0 Å². The third-order valence-electron chi connectivity index (χ3n) is 2.29. The predicted octanol–water partition coefficient (Wildman–Crippen LogP) is 1.43. The smallest absolute Gasteiger partial charge is 0.350 e. The van der Waals surface area contributed by atoms with Gasteiger partial charge in [-0.1, -0.05) is 6.58 Å². The first-order chi connectivity index (χ1) is 9.57. The molecule has 1 heterocycles. The van der Waals surface area contributed by atoms with E-state index in [4.69, 9.17) is 11.5 Å². The quantitative estimate of drug-likeness (QED) is 0.432. The van der Waals surface area contributed by atoms with Crippen LogP contribution in [0.2, 0.25) is 0 Å². The summed E-state index contributed by atoms with van der Waals surface area (Å²) in [7, 11) is 1.26. The fraction of sp³-hybridized carbons (Fsp3) is 0.0769. The lowest BCUT2D eigenvalue weighted by Gasteiger charge is -2.01. The first-order valence-electron chi connectivity index (χ1n) is 5.53. The summed E-state index contributed by atoms with van der Waals surface area (Å²) in [6.07, 6.45) is 5.39. The second-order valence-electron chi connectivity index (χ2n) is 3.52. The van der Waals surface area contributed by atoms with Crippen molar-refractivity contribution in [3.05, 3.63) is 47.0 Å². The average molecular weight is 293 g/mol. The zero-order valence-electron chi connectivity index (χ0n) is 10.9. The summed E-state index contributed by atoms with van der Waals surface area (Å²) < 4.78 is 4.68. The number of nitrogens with one attached hydrogen (secondary N) is 1. The van der Waals surface area contributed by atoms with E-state index in [0.717, 1.165) is 17.4 Å². The number of esters is 1. The molecule has 0 aromatic carbocycles. The van der Waals surface area contributed by atoms with Gasteiger partial charge in [-0.3, -0.25) is 4.79 Å². The van der Waals surface area contributed by atoms with Crippen LogP contribution in [0, 0.1) is 0 Å². The van der Waals surface area contributed by atoms with E-state index in [1.807, 2.05) is 0 Å². The molecule has 6 nitrogen and oxygen atoms in total. The van der Waals surface area contributed by atoms with E-state index < -0.39 is 11.9 Å². The number of ether oxygens (including phenoxy) is 1. The molecule has 1 aromatic heterocycles. The second-order valence-corrected chi connectivity index (χ2v) is 4.57. The van der Waals surface area contributed by atoms with Crippen LogP contribution < -0.4 is 16.8 Å².